The SMILES string of the molecule is [2H]c1c([2H])c(CNC(=O)c2nc(C(NC(=O)c3nnc(C)o3)(C([2H])([2H])[2H])C([2H])([2H])[2H])n(C([2H])([2H])[2H])c(=O)c2O)c([2H])c([2H])c1F. The molecule has 3 rings (SSSR count). The number of amides is 2. The van der Waals surface area contributed by atoms with Crippen molar-refractivity contribution in [2.75, 3.05) is 0 Å². The zero-order valence-corrected chi connectivity index (χ0v) is 16.0. The van der Waals surface area contributed by atoms with Crippen molar-refractivity contribution in [3.63, 3.8) is 0 Å². The number of aryl methyl sites for hydroxylation is 1. The quantitative estimate of drug-likeness (QED) is 0.494. The van der Waals surface area contributed by atoms with Gasteiger partial charge in [-0.25, -0.2) is 9.37 Å². The highest BCUT2D eigenvalue weighted by molar-refractivity contribution is 5.94. The van der Waals surface area contributed by atoms with Crippen LogP contribution in [0, 0.1) is 12.7 Å². The minimum absolute atomic E-state index is 0.225. The number of aromatic nitrogens is 4. The molecule has 0 aliphatic heterocycles. The molecule has 2 aromatic heterocycles. The summed E-state index contributed by atoms with van der Waals surface area (Å²) in [7, 11) is 0. The van der Waals surface area contributed by atoms with Gasteiger partial charge < -0.3 is 20.2 Å². The van der Waals surface area contributed by atoms with Crippen molar-refractivity contribution in [2.24, 2.45) is 6.98 Å². The third-order valence-corrected chi connectivity index (χ3v) is 3.70. The number of benzene rings is 1. The lowest BCUT2D eigenvalue weighted by atomic mass is 10.0. The number of halogens is 1. The van der Waals surface area contributed by atoms with E-state index in [1.165, 1.54) is 6.92 Å². The van der Waals surface area contributed by atoms with Gasteiger partial charge in [-0.2, -0.15) is 0 Å². The van der Waals surface area contributed by atoms with Gasteiger partial charge in [-0.15, -0.1) is 10.2 Å². The van der Waals surface area contributed by atoms with Crippen molar-refractivity contribution >= 4 is 11.8 Å². The van der Waals surface area contributed by atoms with Crippen LogP contribution >= 0.6 is 0 Å². The Bertz CT molecular complexity index is 1710. The van der Waals surface area contributed by atoms with Crippen molar-refractivity contribution in [3.05, 3.63) is 69.2 Å². The molecule has 0 aliphatic carbocycles. The van der Waals surface area contributed by atoms with Gasteiger partial charge in [-0.3, -0.25) is 19.0 Å². The summed E-state index contributed by atoms with van der Waals surface area (Å²) < 4.78 is 121. The number of aromatic hydroxyl groups is 1. The second-order valence-electron chi connectivity index (χ2n) is 6.08. The summed E-state index contributed by atoms with van der Waals surface area (Å²) in [5.41, 5.74) is -8.02. The Hall–Kier alpha value is -4.09. The molecule has 0 fully saturated rings. The fourth-order valence-electron chi connectivity index (χ4n) is 2.25. The number of nitrogens with one attached hydrogen (secondary N) is 2. The molecule has 0 unspecified atom stereocenters. The highest BCUT2D eigenvalue weighted by atomic mass is 19.1. The predicted octanol–water partition coefficient (Wildman–Crippen LogP) is 0.912. The zero-order chi connectivity index (χ0) is 34.6. The van der Waals surface area contributed by atoms with Gasteiger partial charge in [0.2, 0.25) is 11.6 Å². The first kappa shape index (κ1) is 11.0. The zero-order valence-electron chi connectivity index (χ0n) is 29.0. The van der Waals surface area contributed by atoms with Crippen molar-refractivity contribution in [1.82, 2.24) is 30.4 Å². The summed E-state index contributed by atoms with van der Waals surface area (Å²) in [6.45, 7) is -11.5. The van der Waals surface area contributed by atoms with E-state index in [0.29, 0.717) is 0 Å². The molecule has 2 amide bonds. The fraction of sp³-hybridized carbons (Fsp3) is 0.300. The van der Waals surface area contributed by atoms with E-state index in [1.54, 1.807) is 5.32 Å². The van der Waals surface area contributed by atoms with Crippen LogP contribution in [0.1, 0.15) is 70.0 Å². The molecule has 0 radical (unpaired) electrons. The Morgan fingerprint density at radius 1 is 1.28 bits per heavy atom. The van der Waals surface area contributed by atoms with Crippen molar-refractivity contribution in [1.29, 1.82) is 0 Å². The minimum atomic E-state index is -4.00. The third-order valence-electron chi connectivity index (χ3n) is 3.70. The lowest BCUT2D eigenvalue weighted by molar-refractivity contribution is 0.0869. The molecular weight excluding hydrogens is 423 g/mol. The lowest BCUT2D eigenvalue weighted by Crippen LogP contribution is -2.46. The molecule has 0 aliphatic rings. The van der Waals surface area contributed by atoms with Crippen LogP contribution in [0.2, 0.25) is 0 Å². The molecular formula is C20H21FN6O5. The van der Waals surface area contributed by atoms with Gasteiger partial charge in [0.25, 0.3) is 11.5 Å². The molecule has 11 nitrogen and oxygen atoms in total. The first-order chi connectivity index (χ1) is 20.4. The summed E-state index contributed by atoms with van der Waals surface area (Å²) in [6.07, 6.45) is 0. The van der Waals surface area contributed by atoms with E-state index < -0.39 is 113 Å². The molecule has 0 spiro atoms. The maximum Gasteiger partial charge on any atom is 0.309 e. The first-order valence-electron chi connectivity index (χ1n) is 14.9. The number of rotatable bonds is 6. The van der Waals surface area contributed by atoms with Crippen LogP contribution < -0.4 is 16.2 Å². The van der Waals surface area contributed by atoms with Crippen LogP contribution in [0.3, 0.4) is 0 Å². The van der Waals surface area contributed by atoms with Gasteiger partial charge >= 0.3 is 11.8 Å². The monoisotopic (exact) mass is 457 g/mol. The maximum absolute atomic E-state index is 13.9. The third kappa shape index (κ3) is 4.63. The van der Waals surface area contributed by atoms with Crippen molar-refractivity contribution in [3.8, 4) is 5.75 Å². The van der Waals surface area contributed by atoms with Crippen LogP contribution in [0.15, 0.2) is 33.4 Å². The van der Waals surface area contributed by atoms with E-state index in [0.717, 1.165) is 0 Å². The molecule has 12 heteroatoms. The molecule has 168 valence electrons. The standard InChI is InChI=1S/C20H21FN6O5/c1-10-25-26-17(32-10)16(30)24-20(2,3)19-23-13(14(28)18(31)27(19)4)15(29)22-9-11-5-7-12(21)8-6-11/h5-8,28H,9H2,1-4H3,(H,22,29)(H,24,30)/i2D3,3D3,4D3,5D,6D,7D,8D. The highest BCUT2D eigenvalue weighted by Crippen LogP contribution is 2.20. The molecule has 0 saturated heterocycles. The van der Waals surface area contributed by atoms with Crippen LogP contribution in [-0.4, -0.2) is 36.7 Å². The number of hydrogen-bond donors (Lipinski definition) is 3. The summed E-state index contributed by atoms with van der Waals surface area (Å²) in [5, 5.41) is 20.7. The first-order valence-corrected chi connectivity index (χ1v) is 8.41. The molecule has 3 aromatic rings. The highest BCUT2D eigenvalue weighted by Gasteiger charge is 2.32. The molecule has 1 aromatic carbocycles. The summed E-state index contributed by atoms with van der Waals surface area (Å²) in [6, 6.07) is -4.05. The van der Waals surface area contributed by atoms with Gasteiger partial charge in [-0.05, 0) is 31.4 Å². The normalized spacial score (nSPS) is 18.4. The van der Waals surface area contributed by atoms with E-state index in [9.17, 15) is 23.9 Å². The largest absolute Gasteiger partial charge is 0.501 e. The molecule has 0 saturated carbocycles. The summed E-state index contributed by atoms with van der Waals surface area (Å²) >= 11 is 0. The van der Waals surface area contributed by atoms with Crippen LogP contribution in [-0.2, 0) is 19.1 Å². The fourth-order valence-corrected chi connectivity index (χ4v) is 2.25. The Labute approximate surface area is 199 Å². The predicted molar refractivity (Wildman–Crippen MR) is 108 cm³/mol. The number of hydrogen-bond acceptors (Lipinski definition) is 8. The van der Waals surface area contributed by atoms with E-state index in [4.69, 9.17) is 22.2 Å². The van der Waals surface area contributed by atoms with Gasteiger partial charge in [0.15, 0.2) is 5.69 Å². The van der Waals surface area contributed by atoms with Gasteiger partial charge in [0, 0.05) is 32.8 Å². The number of carbonyl (C=O) groups excluding carboxylic acids is 2. The van der Waals surface area contributed by atoms with Crippen molar-refractivity contribution in [2.45, 2.75) is 32.7 Å². The van der Waals surface area contributed by atoms with E-state index in [-0.39, 0.29) is 5.89 Å². The average Bonchev–Trinajstić information content (AvgIpc) is 3.34. The van der Waals surface area contributed by atoms with Crippen LogP contribution in [0.5, 0.6) is 5.75 Å². The smallest absolute Gasteiger partial charge is 0.309 e. The summed E-state index contributed by atoms with van der Waals surface area (Å²) in [5.74, 6) is -9.51. The molecule has 0 bridgehead atoms. The van der Waals surface area contributed by atoms with E-state index in [2.05, 4.69) is 15.2 Å². The Morgan fingerprint density at radius 3 is 2.59 bits per heavy atom. The molecule has 2 heterocycles. The molecule has 0 atom stereocenters. The van der Waals surface area contributed by atoms with Gasteiger partial charge in [-0.1, -0.05) is 12.1 Å². The van der Waals surface area contributed by atoms with Gasteiger partial charge in [0.1, 0.15) is 11.6 Å². The molecule has 3 N–H and O–H groups in total. The summed E-state index contributed by atoms with van der Waals surface area (Å²) in [4.78, 5) is 42.8. The Morgan fingerprint density at radius 2 is 2.00 bits per heavy atom. The number of nitrogens with zero attached hydrogens (tertiary/aromatic N) is 4. The van der Waals surface area contributed by atoms with Crippen molar-refractivity contribution < 1.29 is 41.3 Å². The lowest BCUT2D eigenvalue weighted by Gasteiger charge is -2.27. The number of carbonyl (C=O) groups is 2. The second kappa shape index (κ2) is 8.57. The van der Waals surface area contributed by atoms with E-state index in [1.807, 2.05) is 5.32 Å². The maximum atomic E-state index is 13.9. The second-order valence-corrected chi connectivity index (χ2v) is 6.08. The Balaban J connectivity index is 2.33. The van der Waals surface area contributed by atoms with Gasteiger partial charge in [0.05, 0.1) is 11.0 Å². The topological polar surface area (TPSA) is 152 Å². The Kier molecular flexibility index (Phi) is 2.94. The molecule has 32 heavy (non-hydrogen) atoms. The van der Waals surface area contributed by atoms with Crippen LogP contribution in [0.25, 0.3) is 0 Å². The van der Waals surface area contributed by atoms with E-state index >= 15 is 0 Å². The average molecular weight is 458 g/mol. The van der Waals surface area contributed by atoms with Crippen LogP contribution in [0.4, 0.5) is 4.39 Å². The minimum Gasteiger partial charge on any atom is -0.501 e.